The van der Waals surface area contributed by atoms with E-state index >= 15 is 0 Å². The van der Waals surface area contributed by atoms with Crippen LogP contribution in [0.2, 0.25) is 0 Å². The molecular formula is C24H44O4. The van der Waals surface area contributed by atoms with Crippen molar-refractivity contribution in [3.8, 4) is 0 Å². The third kappa shape index (κ3) is 19.4. The van der Waals surface area contributed by atoms with Gasteiger partial charge in [-0.3, -0.25) is 0 Å². The second-order valence-electron chi connectivity index (χ2n) is 7.78. The molecule has 1 unspecified atom stereocenters. The molecule has 0 aromatic carbocycles. The van der Waals surface area contributed by atoms with Gasteiger partial charge in [0, 0.05) is 12.2 Å². The lowest BCUT2D eigenvalue weighted by atomic mass is 10.1. The molecule has 0 N–H and O–H groups in total. The smallest absolute Gasteiger partial charge is 0.331 e. The van der Waals surface area contributed by atoms with Gasteiger partial charge in [-0.15, -0.1) is 0 Å². The molecule has 0 bridgehead atoms. The predicted molar refractivity (Wildman–Crippen MR) is 116 cm³/mol. The van der Waals surface area contributed by atoms with Crippen molar-refractivity contribution < 1.29 is 19.1 Å². The summed E-state index contributed by atoms with van der Waals surface area (Å²) in [6.07, 6.45) is 20.5. The highest BCUT2D eigenvalue weighted by Gasteiger charge is 2.07. The van der Waals surface area contributed by atoms with Crippen LogP contribution >= 0.6 is 0 Å². The summed E-state index contributed by atoms with van der Waals surface area (Å²) in [7, 11) is 0. The minimum Gasteiger partial charge on any atom is -0.463 e. The molecule has 28 heavy (non-hydrogen) atoms. The van der Waals surface area contributed by atoms with Crippen molar-refractivity contribution in [2.75, 3.05) is 6.61 Å². The van der Waals surface area contributed by atoms with Crippen molar-refractivity contribution in [1.29, 1.82) is 0 Å². The van der Waals surface area contributed by atoms with E-state index in [1.165, 1.54) is 64.2 Å². The Bertz CT molecular complexity index is 403. The molecule has 0 aromatic heterocycles. The molecule has 0 aromatic rings. The van der Waals surface area contributed by atoms with Crippen molar-refractivity contribution in [3.63, 3.8) is 0 Å². The molecule has 0 rings (SSSR count). The maximum absolute atomic E-state index is 11.6. The third-order valence-electron chi connectivity index (χ3n) is 4.88. The third-order valence-corrected chi connectivity index (χ3v) is 4.88. The predicted octanol–water partition coefficient (Wildman–Crippen LogP) is 6.91. The first kappa shape index (κ1) is 26.7. The Hall–Kier alpha value is -1.32. The SMILES string of the molecule is CCCCCCCCCCCCCCOC(=O)/C=C/C(=O)OC(C)CCCC. The van der Waals surface area contributed by atoms with E-state index in [1.54, 1.807) is 0 Å². The van der Waals surface area contributed by atoms with E-state index in [0.717, 1.165) is 44.3 Å². The zero-order valence-electron chi connectivity index (χ0n) is 18.7. The van der Waals surface area contributed by atoms with Gasteiger partial charge in [-0.2, -0.15) is 0 Å². The van der Waals surface area contributed by atoms with Crippen molar-refractivity contribution in [3.05, 3.63) is 12.2 Å². The van der Waals surface area contributed by atoms with E-state index < -0.39 is 11.9 Å². The van der Waals surface area contributed by atoms with Gasteiger partial charge in [0.25, 0.3) is 0 Å². The minimum absolute atomic E-state index is 0.117. The Morgan fingerprint density at radius 2 is 1.14 bits per heavy atom. The lowest BCUT2D eigenvalue weighted by Gasteiger charge is -2.10. The van der Waals surface area contributed by atoms with Crippen LogP contribution in [0.4, 0.5) is 0 Å². The van der Waals surface area contributed by atoms with Gasteiger partial charge in [-0.25, -0.2) is 9.59 Å². The van der Waals surface area contributed by atoms with E-state index in [9.17, 15) is 9.59 Å². The standard InChI is InChI=1S/C24H44O4/c1-4-6-8-9-10-11-12-13-14-15-16-17-21-27-23(25)19-20-24(26)28-22(3)18-7-5-2/h19-20,22H,4-18,21H2,1-3H3/b20-19+. The highest BCUT2D eigenvalue weighted by Crippen LogP contribution is 2.12. The number of rotatable bonds is 19. The first-order chi connectivity index (χ1) is 13.6. The Labute approximate surface area is 173 Å². The van der Waals surface area contributed by atoms with Crippen LogP contribution < -0.4 is 0 Å². The average Bonchev–Trinajstić information content (AvgIpc) is 2.68. The summed E-state index contributed by atoms with van der Waals surface area (Å²) in [5, 5.41) is 0. The van der Waals surface area contributed by atoms with Gasteiger partial charge in [0.05, 0.1) is 12.7 Å². The van der Waals surface area contributed by atoms with Crippen molar-refractivity contribution in [1.82, 2.24) is 0 Å². The zero-order valence-corrected chi connectivity index (χ0v) is 18.7. The van der Waals surface area contributed by atoms with E-state index in [4.69, 9.17) is 9.47 Å². The molecule has 0 aliphatic carbocycles. The van der Waals surface area contributed by atoms with E-state index in [2.05, 4.69) is 13.8 Å². The Kier molecular flexibility index (Phi) is 19.5. The van der Waals surface area contributed by atoms with Crippen LogP contribution in [0.1, 0.15) is 117 Å². The fourth-order valence-electron chi connectivity index (χ4n) is 3.09. The summed E-state index contributed by atoms with van der Waals surface area (Å²) in [6, 6.07) is 0. The molecule has 4 nitrogen and oxygen atoms in total. The quantitative estimate of drug-likeness (QED) is 0.135. The lowest BCUT2D eigenvalue weighted by Crippen LogP contribution is -2.13. The topological polar surface area (TPSA) is 52.6 Å². The first-order valence-electron chi connectivity index (χ1n) is 11.7. The normalized spacial score (nSPS) is 12.2. The van der Waals surface area contributed by atoms with Crippen molar-refractivity contribution >= 4 is 11.9 Å². The highest BCUT2D eigenvalue weighted by molar-refractivity contribution is 5.91. The molecule has 0 spiro atoms. The maximum atomic E-state index is 11.6. The van der Waals surface area contributed by atoms with Crippen LogP contribution in [0.5, 0.6) is 0 Å². The largest absolute Gasteiger partial charge is 0.463 e. The molecule has 0 saturated heterocycles. The summed E-state index contributed by atoms with van der Waals surface area (Å²) in [6.45, 7) is 6.64. The number of hydrogen-bond acceptors (Lipinski definition) is 4. The number of ether oxygens (including phenoxy) is 2. The molecule has 0 heterocycles. The van der Waals surface area contributed by atoms with Gasteiger partial charge < -0.3 is 9.47 Å². The van der Waals surface area contributed by atoms with E-state index in [0.29, 0.717) is 6.61 Å². The molecule has 1 atom stereocenters. The molecule has 0 aliphatic heterocycles. The molecule has 0 amide bonds. The molecular weight excluding hydrogens is 352 g/mol. The van der Waals surface area contributed by atoms with Gasteiger partial charge >= 0.3 is 11.9 Å². The summed E-state index contributed by atoms with van der Waals surface area (Å²) in [5.41, 5.74) is 0. The average molecular weight is 397 g/mol. The first-order valence-corrected chi connectivity index (χ1v) is 11.7. The fourth-order valence-corrected chi connectivity index (χ4v) is 3.09. The molecule has 0 fully saturated rings. The Balaban J connectivity index is 3.46. The van der Waals surface area contributed by atoms with Crippen molar-refractivity contribution in [2.45, 2.75) is 123 Å². The van der Waals surface area contributed by atoms with Gasteiger partial charge in [-0.1, -0.05) is 97.3 Å². The molecule has 164 valence electrons. The minimum atomic E-state index is -0.481. The maximum Gasteiger partial charge on any atom is 0.331 e. The fraction of sp³-hybridized carbons (Fsp3) is 0.833. The molecule has 4 heteroatoms. The number of esters is 2. The summed E-state index contributed by atoms with van der Waals surface area (Å²) < 4.78 is 10.3. The van der Waals surface area contributed by atoms with Gasteiger partial charge in [0.2, 0.25) is 0 Å². The van der Waals surface area contributed by atoms with Gasteiger partial charge in [-0.05, 0) is 19.8 Å². The van der Waals surface area contributed by atoms with Crippen LogP contribution in [-0.4, -0.2) is 24.6 Å². The molecule has 0 saturated carbocycles. The second kappa shape index (κ2) is 20.4. The van der Waals surface area contributed by atoms with E-state index in [1.807, 2.05) is 6.92 Å². The van der Waals surface area contributed by atoms with Crippen molar-refractivity contribution in [2.24, 2.45) is 0 Å². The number of carbonyl (C=O) groups excluding carboxylic acids is 2. The lowest BCUT2D eigenvalue weighted by molar-refractivity contribution is -0.143. The summed E-state index contributed by atoms with van der Waals surface area (Å²) in [5.74, 6) is -0.952. The Morgan fingerprint density at radius 3 is 1.68 bits per heavy atom. The van der Waals surface area contributed by atoms with Crippen LogP contribution in [0.3, 0.4) is 0 Å². The van der Waals surface area contributed by atoms with E-state index in [-0.39, 0.29) is 6.10 Å². The van der Waals surface area contributed by atoms with Gasteiger partial charge in [0.15, 0.2) is 0 Å². The van der Waals surface area contributed by atoms with Gasteiger partial charge in [0.1, 0.15) is 0 Å². The van der Waals surface area contributed by atoms with Crippen LogP contribution in [0.15, 0.2) is 12.2 Å². The molecule has 0 radical (unpaired) electrons. The number of unbranched alkanes of at least 4 members (excludes halogenated alkanes) is 12. The number of carbonyl (C=O) groups is 2. The second-order valence-corrected chi connectivity index (χ2v) is 7.78. The summed E-state index contributed by atoms with van der Waals surface area (Å²) >= 11 is 0. The Morgan fingerprint density at radius 1 is 0.679 bits per heavy atom. The highest BCUT2D eigenvalue weighted by atomic mass is 16.5. The van der Waals surface area contributed by atoms with Crippen LogP contribution in [-0.2, 0) is 19.1 Å². The zero-order chi connectivity index (χ0) is 20.9. The monoisotopic (exact) mass is 396 g/mol. The summed E-state index contributed by atoms with van der Waals surface area (Å²) in [4.78, 5) is 23.2. The number of hydrogen-bond donors (Lipinski definition) is 0. The molecule has 0 aliphatic rings. The van der Waals surface area contributed by atoms with Crippen LogP contribution in [0.25, 0.3) is 0 Å². The van der Waals surface area contributed by atoms with Crippen LogP contribution in [0, 0.1) is 0 Å².